The van der Waals surface area contributed by atoms with E-state index in [4.69, 9.17) is 11.6 Å². The molecule has 0 radical (unpaired) electrons. The van der Waals surface area contributed by atoms with Gasteiger partial charge in [0.25, 0.3) is 10.0 Å². The van der Waals surface area contributed by atoms with E-state index in [1.807, 2.05) is 11.8 Å². The number of carbonyl (C=O) groups is 1. The van der Waals surface area contributed by atoms with E-state index in [1.165, 1.54) is 10.4 Å². The summed E-state index contributed by atoms with van der Waals surface area (Å²) in [5, 5.41) is 2.74. The van der Waals surface area contributed by atoms with Crippen LogP contribution in [-0.2, 0) is 14.8 Å². The van der Waals surface area contributed by atoms with Crippen molar-refractivity contribution in [3.05, 3.63) is 16.5 Å². The Hall–Kier alpha value is -0.670. The third kappa shape index (κ3) is 4.17. The van der Waals surface area contributed by atoms with Gasteiger partial charge in [0.1, 0.15) is 4.21 Å². The summed E-state index contributed by atoms with van der Waals surface area (Å²) in [7, 11) is -3.46. The standard InChI is InChI=1S/C12H18ClN3O3S2/c1-2-14-11(17)9-15-5-7-16(8-6-15)21(18,19)12-4-3-10(13)20-12/h3-4H,2,5-9H2,1H3,(H,14,17). The molecule has 1 aliphatic heterocycles. The van der Waals surface area contributed by atoms with Crippen LogP contribution in [0.2, 0.25) is 4.34 Å². The first-order valence-corrected chi connectivity index (χ1v) is 9.31. The van der Waals surface area contributed by atoms with Crippen molar-refractivity contribution in [3.63, 3.8) is 0 Å². The molecule has 1 saturated heterocycles. The number of carbonyl (C=O) groups excluding carboxylic acids is 1. The number of halogens is 1. The highest BCUT2D eigenvalue weighted by molar-refractivity contribution is 7.91. The lowest BCUT2D eigenvalue weighted by molar-refractivity contribution is -0.122. The molecular formula is C12H18ClN3O3S2. The number of hydrogen-bond donors (Lipinski definition) is 1. The Balaban J connectivity index is 1.93. The van der Waals surface area contributed by atoms with Crippen LogP contribution >= 0.6 is 22.9 Å². The van der Waals surface area contributed by atoms with Crippen LogP contribution in [0, 0.1) is 0 Å². The molecule has 9 heteroatoms. The quantitative estimate of drug-likeness (QED) is 0.853. The van der Waals surface area contributed by atoms with Crippen LogP contribution in [0.25, 0.3) is 0 Å². The van der Waals surface area contributed by atoms with Gasteiger partial charge >= 0.3 is 0 Å². The van der Waals surface area contributed by atoms with Gasteiger partial charge in [-0.3, -0.25) is 9.69 Å². The molecule has 118 valence electrons. The van der Waals surface area contributed by atoms with E-state index in [0.717, 1.165) is 11.3 Å². The monoisotopic (exact) mass is 351 g/mol. The maximum atomic E-state index is 12.4. The summed E-state index contributed by atoms with van der Waals surface area (Å²) in [6.45, 7) is 4.66. The average molecular weight is 352 g/mol. The number of thiophene rings is 1. The molecule has 0 saturated carbocycles. The van der Waals surface area contributed by atoms with Crippen molar-refractivity contribution >= 4 is 38.9 Å². The number of rotatable bonds is 5. The van der Waals surface area contributed by atoms with Gasteiger partial charge in [-0.25, -0.2) is 8.42 Å². The van der Waals surface area contributed by atoms with Gasteiger partial charge in [-0.15, -0.1) is 11.3 Å². The summed E-state index contributed by atoms with van der Waals surface area (Å²) >= 11 is 6.86. The molecule has 1 fully saturated rings. The minimum absolute atomic E-state index is 0.0288. The van der Waals surface area contributed by atoms with Gasteiger partial charge in [0.15, 0.2) is 0 Å². The summed E-state index contributed by atoms with van der Waals surface area (Å²) in [4.78, 5) is 13.5. The Morgan fingerprint density at radius 1 is 1.33 bits per heavy atom. The van der Waals surface area contributed by atoms with Crippen LogP contribution in [0.15, 0.2) is 16.3 Å². The SMILES string of the molecule is CCNC(=O)CN1CCN(S(=O)(=O)c2ccc(Cl)s2)CC1. The Morgan fingerprint density at radius 2 is 2.00 bits per heavy atom. The molecule has 0 spiro atoms. The molecule has 1 N–H and O–H groups in total. The largest absolute Gasteiger partial charge is 0.355 e. The second-order valence-electron chi connectivity index (χ2n) is 4.69. The first-order valence-electron chi connectivity index (χ1n) is 6.68. The van der Waals surface area contributed by atoms with E-state index in [-0.39, 0.29) is 10.1 Å². The maximum Gasteiger partial charge on any atom is 0.252 e. The second-order valence-corrected chi connectivity index (χ2v) is 8.57. The summed E-state index contributed by atoms with van der Waals surface area (Å²) in [6, 6.07) is 3.12. The third-order valence-corrected chi connectivity index (χ3v) is 6.81. The van der Waals surface area contributed by atoms with E-state index in [9.17, 15) is 13.2 Å². The predicted molar refractivity (Wildman–Crippen MR) is 83.2 cm³/mol. The summed E-state index contributed by atoms with van der Waals surface area (Å²) in [6.07, 6.45) is 0. The zero-order valence-electron chi connectivity index (χ0n) is 11.7. The first-order chi connectivity index (χ1) is 9.93. The van der Waals surface area contributed by atoms with Gasteiger partial charge in [-0.1, -0.05) is 11.6 Å². The molecule has 0 bridgehead atoms. The molecule has 1 aromatic heterocycles. The number of likely N-dealkylation sites (N-methyl/N-ethyl adjacent to an activating group) is 1. The zero-order valence-corrected chi connectivity index (χ0v) is 14.1. The Bertz CT molecular complexity index is 595. The highest BCUT2D eigenvalue weighted by atomic mass is 35.5. The van der Waals surface area contributed by atoms with Gasteiger partial charge in [0.2, 0.25) is 5.91 Å². The normalized spacial score (nSPS) is 17.8. The minimum Gasteiger partial charge on any atom is -0.355 e. The molecule has 21 heavy (non-hydrogen) atoms. The predicted octanol–water partition coefficient (Wildman–Crippen LogP) is 0.844. The van der Waals surface area contributed by atoms with Crippen LogP contribution in [0.5, 0.6) is 0 Å². The lowest BCUT2D eigenvalue weighted by Crippen LogP contribution is -2.50. The first kappa shape index (κ1) is 16.7. The van der Waals surface area contributed by atoms with Gasteiger partial charge in [0.05, 0.1) is 10.9 Å². The van der Waals surface area contributed by atoms with Crippen LogP contribution in [0.1, 0.15) is 6.92 Å². The average Bonchev–Trinajstić information content (AvgIpc) is 2.87. The maximum absolute atomic E-state index is 12.4. The molecule has 2 rings (SSSR count). The summed E-state index contributed by atoms with van der Waals surface area (Å²) in [5.41, 5.74) is 0. The van der Waals surface area contributed by atoms with Gasteiger partial charge < -0.3 is 5.32 Å². The highest BCUT2D eigenvalue weighted by Crippen LogP contribution is 2.28. The fourth-order valence-electron chi connectivity index (χ4n) is 2.15. The lowest BCUT2D eigenvalue weighted by Gasteiger charge is -2.33. The van der Waals surface area contributed by atoms with Crippen molar-refractivity contribution in [2.45, 2.75) is 11.1 Å². The van der Waals surface area contributed by atoms with Gasteiger partial charge in [-0.05, 0) is 19.1 Å². The summed E-state index contributed by atoms with van der Waals surface area (Å²) < 4.78 is 27.0. The number of nitrogens with one attached hydrogen (secondary N) is 1. The Labute approximate surface area is 133 Å². The second kappa shape index (κ2) is 7.06. The highest BCUT2D eigenvalue weighted by Gasteiger charge is 2.30. The molecule has 1 aliphatic rings. The minimum atomic E-state index is -3.46. The lowest BCUT2D eigenvalue weighted by atomic mass is 10.3. The molecule has 1 amide bonds. The van der Waals surface area contributed by atoms with Crippen LogP contribution in [0.4, 0.5) is 0 Å². The zero-order chi connectivity index (χ0) is 15.5. The topological polar surface area (TPSA) is 69.7 Å². The van der Waals surface area contributed by atoms with Crippen molar-refractivity contribution in [3.8, 4) is 0 Å². The molecule has 0 aliphatic carbocycles. The van der Waals surface area contributed by atoms with Crippen molar-refractivity contribution in [2.24, 2.45) is 0 Å². The van der Waals surface area contributed by atoms with E-state index in [2.05, 4.69) is 5.32 Å². The van der Waals surface area contributed by atoms with Crippen molar-refractivity contribution in [1.82, 2.24) is 14.5 Å². The molecular weight excluding hydrogens is 334 g/mol. The molecule has 6 nitrogen and oxygen atoms in total. The van der Waals surface area contributed by atoms with Crippen molar-refractivity contribution in [1.29, 1.82) is 0 Å². The van der Waals surface area contributed by atoms with E-state index in [1.54, 1.807) is 6.07 Å². The summed E-state index contributed by atoms with van der Waals surface area (Å²) in [5.74, 6) is -0.0288. The molecule has 1 aromatic rings. The van der Waals surface area contributed by atoms with Gasteiger partial charge in [-0.2, -0.15) is 4.31 Å². The van der Waals surface area contributed by atoms with E-state index < -0.39 is 10.0 Å². The molecule has 2 heterocycles. The number of hydrogen-bond acceptors (Lipinski definition) is 5. The van der Waals surface area contributed by atoms with Gasteiger partial charge in [0, 0.05) is 32.7 Å². The van der Waals surface area contributed by atoms with E-state index >= 15 is 0 Å². The molecule has 0 aromatic carbocycles. The number of piperazine rings is 1. The van der Waals surface area contributed by atoms with Crippen LogP contribution < -0.4 is 5.32 Å². The Morgan fingerprint density at radius 3 is 2.52 bits per heavy atom. The number of nitrogens with zero attached hydrogens (tertiary/aromatic N) is 2. The molecule has 0 atom stereocenters. The molecule has 0 unspecified atom stereocenters. The number of sulfonamides is 1. The van der Waals surface area contributed by atoms with E-state index in [0.29, 0.717) is 43.6 Å². The fourth-order valence-corrected chi connectivity index (χ4v) is 5.21. The smallest absolute Gasteiger partial charge is 0.252 e. The Kier molecular flexibility index (Phi) is 5.61. The van der Waals surface area contributed by atoms with Crippen LogP contribution in [-0.4, -0.2) is 62.8 Å². The van der Waals surface area contributed by atoms with Crippen molar-refractivity contribution in [2.75, 3.05) is 39.3 Å². The van der Waals surface area contributed by atoms with Crippen molar-refractivity contribution < 1.29 is 13.2 Å². The third-order valence-electron chi connectivity index (χ3n) is 3.22. The van der Waals surface area contributed by atoms with Crippen LogP contribution in [0.3, 0.4) is 0 Å². The number of amides is 1. The fraction of sp³-hybridized carbons (Fsp3) is 0.583.